The van der Waals surface area contributed by atoms with E-state index in [0.29, 0.717) is 5.56 Å². The Labute approximate surface area is 236 Å². The van der Waals surface area contributed by atoms with E-state index >= 15 is 4.39 Å². The van der Waals surface area contributed by atoms with E-state index in [2.05, 4.69) is 10.3 Å². The largest absolute Gasteiger partial charge is 0.481 e. The summed E-state index contributed by atoms with van der Waals surface area (Å²) in [6.07, 6.45) is 4.28. The monoisotopic (exact) mass is 578 g/mol. The first-order chi connectivity index (χ1) is 19.6. The molecule has 1 aliphatic heterocycles. The van der Waals surface area contributed by atoms with Gasteiger partial charge >= 0.3 is 5.97 Å². The third kappa shape index (κ3) is 4.60. The molecule has 8 nitrogen and oxygen atoms in total. The van der Waals surface area contributed by atoms with Gasteiger partial charge in [0, 0.05) is 24.1 Å². The summed E-state index contributed by atoms with van der Waals surface area (Å²) in [5, 5.41) is 23.0. The predicted molar refractivity (Wildman–Crippen MR) is 147 cm³/mol. The third-order valence-corrected chi connectivity index (χ3v) is 10.7. The van der Waals surface area contributed by atoms with Crippen molar-refractivity contribution in [2.75, 3.05) is 16.2 Å². The summed E-state index contributed by atoms with van der Waals surface area (Å²) in [4.78, 5) is 16.3. The minimum absolute atomic E-state index is 0.00668. The van der Waals surface area contributed by atoms with Gasteiger partial charge in [-0.1, -0.05) is 17.7 Å². The van der Waals surface area contributed by atoms with Crippen LogP contribution in [-0.4, -0.2) is 37.1 Å². The fourth-order valence-electron chi connectivity index (χ4n) is 6.86. The average Bonchev–Trinajstić information content (AvgIpc) is 3.33. The number of carboxylic acids is 1. The zero-order chi connectivity index (χ0) is 29.1. The first kappa shape index (κ1) is 27.1. The minimum Gasteiger partial charge on any atom is -0.481 e. The summed E-state index contributed by atoms with van der Waals surface area (Å²) in [5.41, 5.74) is 1.45. The number of hydrogen-bond donors (Lipinski definition) is 2. The Bertz CT molecular complexity index is 1680. The topological polar surface area (TPSA) is 123 Å². The molecule has 2 aromatic carbocycles. The molecule has 2 heterocycles. The van der Waals surface area contributed by atoms with Crippen LogP contribution in [-0.2, 0) is 14.8 Å². The summed E-state index contributed by atoms with van der Waals surface area (Å²) in [7, 11) is -4.10. The molecule has 1 unspecified atom stereocenters. The number of anilines is 2. The van der Waals surface area contributed by atoms with Crippen molar-refractivity contribution >= 4 is 27.5 Å². The number of hydrogen-bond acceptors (Lipinski definition) is 6. The third-order valence-electron chi connectivity index (χ3n) is 8.89. The summed E-state index contributed by atoms with van der Waals surface area (Å²) in [6.45, 7) is 1.66. The molecule has 1 aromatic heterocycles. The molecule has 3 atom stereocenters. The molecule has 3 saturated carbocycles. The van der Waals surface area contributed by atoms with Crippen LogP contribution < -0.4 is 9.62 Å². The number of fused-ring (bicyclic) bond motifs is 4. The van der Waals surface area contributed by atoms with Crippen LogP contribution in [0.1, 0.15) is 53.9 Å². The Kier molecular flexibility index (Phi) is 6.69. The van der Waals surface area contributed by atoms with Gasteiger partial charge in [0.1, 0.15) is 17.5 Å². The molecule has 3 fully saturated rings. The van der Waals surface area contributed by atoms with E-state index in [9.17, 15) is 28.0 Å². The van der Waals surface area contributed by atoms with E-state index in [1.807, 2.05) is 13.0 Å². The molecule has 11 heteroatoms. The summed E-state index contributed by atoms with van der Waals surface area (Å²) in [5.74, 6) is -3.68. The lowest BCUT2D eigenvalue weighted by Crippen LogP contribution is -2.51. The maximum absolute atomic E-state index is 15.4. The van der Waals surface area contributed by atoms with Gasteiger partial charge < -0.3 is 10.4 Å². The Morgan fingerprint density at radius 3 is 2.41 bits per heavy atom. The zero-order valence-corrected chi connectivity index (χ0v) is 23.0. The fraction of sp³-hybridized carbons (Fsp3) is 0.367. The van der Waals surface area contributed by atoms with Crippen molar-refractivity contribution in [1.82, 2.24) is 4.98 Å². The molecule has 3 aliphatic carbocycles. The number of benzene rings is 2. The molecule has 4 aliphatic rings. The molecule has 2 bridgehead atoms. The summed E-state index contributed by atoms with van der Waals surface area (Å²) >= 11 is 0. The molecular formula is C30H28F2N4O4S. The van der Waals surface area contributed by atoms with Crippen molar-refractivity contribution in [1.29, 1.82) is 5.26 Å². The molecule has 2 N–H and O–H groups in total. The van der Waals surface area contributed by atoms with Crippen LogP contribution in [0.4, 0.5) is 20.3 Å². The van der Waals surface area contributed by atoms with Crippen molar-refractivity contribution in [3.05, 3.63) is 82.5 Å². The Balaban J connectivity index is 1.42. The number of nitrogens with one attached hydrogen (secondary N) is 1. The van der Waals surface area contributed by atoms with Gasteiger partial charge in [0.15, 0.2) is 0 Å². The summed E-state index contributed by atoms with van der Waals surface area (Å²) < 4.78 is 58.3. The van der Waals surface area contributed by atoms with Gasteiger partial charge in [-0.15, -0.1) is 0 Å². The second-order valence-electron chi connectivity index (χ2n) is 11.2. The lowest BCUT2D eigenvalue weighted by molar-refractivity contribution is -0.148. The van der Waals surface area contributed by atoms with E-state index < -0.39 is 45.5 Å². The number of carboxylic acid groups (broad SMARTS) is 1. The normalized spacial score (nSPS) is 25.0. The molecule has 41 heavy (non-hydrogen) atoms. The zero-order valence-electron chi connectivity index (χ0n) is 22.2. The number of aryl methyl sites for hydroxylation is 1. The van der Waals surface area contributed by atoms with E-state index in [1.165, 1.54) is 24.3 Å². The van der Waals surface area contributed by atoms with Gasteiger partial charge in [0.25, 0.3) is 10.0 Å². The van der Waals surface area contributed by atoms with Crippen molar-refractivity contribution in [2.24, 2.45) is 17.8 Å². The number of nitriles is 1. The quantitative estimate of drug-likeness (QED) is 0.413. The highest BCUT2D eigenvalue weighted by atomic mass is 32.2. The highest BCUT2D eigenvalue weighted by Gasteiger charge is 2.47. The SMILES string of the molecule is Cc1ccc(S(=O)(=O)N2CC(c3cc(N[C@@H]4C5CCC(CC5)[C@H]4C(=O)O)c(F)cc3C#N)c3cc(F)cnc32)cc1. The van der Waals surface area contributed by atoms with Crippen LogP contribution in [0.5, 0.6) is 0 Å². The second-order valence-corrected chi connectivity index (χ2v) is 13.1. The molecule has 7 rings (SSSR count). The van der Waals surface area contributed by atoms with Crippen molar-refractivity contribution < 1.29 is 27.1 Å². The van der Waals surface area contributed by atoms with Gasteiger partial charge in [-0.05, 0) is 80.3 Å². The number of nitrogens with zero attached hydrogens (tertiary/aromatic N) is 3. The number of rotatable bonds is 6. The minimum atomic E-state index is -4.10. The Morgan fingerprint density at radius 1 is 1.07 bits per heavy atom. The standard InChI is InChI=1S/C30H28F2N4O4S/c1-16-2-8-21(9-3-16)41(39,40)36-15-24(23-11-20(31)14-34-29(23)36)22-12-26(25(32)10-19(22)13-33)35-28-18-6-4-17(5-7-18)27(28)30(37)38/h2-3,8-12,14,17-18,24,27-28,35H,4-7,15H2,1H3,(H,37,38)/t17?,18?,24?,27-,28-/m1/s1. The number of sulfonamides is 1. The fourth-order valence-corrected chi connectivity index (χ4v) is 8.32. The van der Waals surface area contributed by atoms with Gasteiger partial charge in [0.05, 0.1) is 34.3 Å². The van der Waals surface area contributed by atoms with Crippen LogP contribution >= 0.6 is 0 Å². The predicted octanol–water partition coefficient (Wildman–Crippen LogP) is 5.18. The highest BCUT2D eigenvalue weighted by Crippen LogP contribution is 2.48. The molecule has 0 spiro atoms. The van der Waals surface area contributed by atoms with Gasteiger partial charge in [-0.3, -0.25) is 4.79 Å². The second kappa shape index (κ2) is 10.1. The van der Waals surface area contributed by atoms with Crippen LogP contribution in [0.3, 0.4) is 0 Å². The lowest BCUT2D eigenvalue weighted by atomic mass is 9.61. The van der Waals surface area contributed by atoms with Crippen LogP contribution in [0.25, 0.3) is 0 Å². The van der Waals surface area contributed by atoms with Crippen LogP contribution in [0.15, 0.2) is 53.6 Å². The number of aromatic nitrogens is 1. The number of halogens is 2. The number of pyridine rings is 1. The van der Waals surface area contributed by atoms with Gasteiger partial charge in [0.2, 0.25) is 0 Å². The van der Waals surface area contributed by atoms with Gasteiger partial charge in [-0.25, -0.2) is 26.5 Å². The smallest absolute Gasteiger partial charge is 0.308 e. The van der Waals surface area contributed by atoms with E-state index in [1.54, 1.807) is 12.1 Å². The molecule has 0 saturated heterocycles. The van der Waals surface area contributed by atoms with E-state index in [0.717, 1.165) is 47.8 Å². The Morgan fingerprint density at radius 2 is 1.76 bits per heavy atom. The van der Waals surface area contributed by atoms with E-state index in [4.69, 9.17) is 0 Å². The molecule has 212 valence electrons. The van der Waals surface area contributed by atoms with Crippen molar-refractivity contribution in [2.45, 2.75) is 49.5 Å². The summed E-state index contributed by atoms with van der Waals surface area (Å²) in [6, 6.07) is 11.5. The van der Waals surface area contributed by atoms with Crippen molar-refractivity contribution in [3.8, 4) is 6.07 Å². The Hall–Kier alpha value is -4.04. The number of aliphatic carboxylic acids is 1. The van der Waals surface area contributed by atoms with Crippen LogP contribution in [0, 0.1) is 47.6 Å². The average molecular weight is 579 g/mol. The first-order valence-electron chi connectivity index (χ1n) is 13.6. The maximum atomic E-state index is 15.4. The van der Waals surface area contributed by atoms with Crippen LogP contribution in [0.2, 0.25) is 0 Å². The highest BCUT2D eigenvalue weighted by molar-refractivity contribution is 7.92. The molecule has 0 amide bonds. The van der Waals surface area contributed by atoms with E-state index in [-0.39, 0.29) is 45.9 Å². The molecule has 0 radical (unpaired) electrons. The maximum Gasteiger partial charge on any atom is 0.308 e. The van der Waals surface area contributed by atoms with Gasteiger partial charge in [-0.2, -0.15) is 5.26 Å². The molecule has 3 aromatic rings. The van der Waals surface area contributed by atoms with Crippen molar-refractivity contribution in [3.63, 3.8) is 0 Å². The number of carbonyl (C=O) groups is 1. The first-order valence-corrected chi connectivity index (χ1v) is 15.0. The lowest BCUT2D eigenvalue weighted by Gasteiger charge is -2.47. The molecular weight excluding hydrogens is 550 g/mol.